The Hall–Kier alpha value is -2.83. The van der Waals surface area contributed by atoms with Crippen LogP contribution in [0.2, 0.25) is 0 Å². The predicted molar refractivity (Wildman–Crippen MR) is 124 cm³/mol. The van der Waals surface area contributed by atoms with Crippen molar-refractivity contribution in [1.29, 1.82) is 0 Å². The normalized spacial score (nSPS) is 14.5. The lowest BCUT2D eigenvalue weighted by atomic mass is 10.1. The lowest BCUT2D eigenvalue weighted by Gasteiger charge is -2.26. The molecule has 0 spiro atoms. The maximum absolute atomic E-state index is 12.4. The van der Waals surface area contributed by atoms with Crippen LogP contribution in [0, 0.1) is 0 Å². The molecule has 0 atom stereocenters. The van der Waals surface area contributed by atoms with Crippen molar-refractivity contribution in [2.24, 2.45) is 0 Å². The molecule has 0 radical (unpaired) electrons. The van der Waals surface area contributed by atoms with Crippen LogP contribution in [0.1, 0.15) is 30.9 Å². The molecule has 0 saturated carbocycles. The Morgan fingerprint density at radius 3 is 2.77 bits per heavy atom. The minimum absolute atomic E-state index is 0.175. The monoisotopic (exact) mass is 424 g/mol. The van der Waals surface area contributed by atoms with Crippen molar-refractivity contribution in [3.63, 3.8) is 0 Å². The van der Waals surface area contributed by atoms with Gasteiger partial charge >= 0.3 is 0 Å². The van der Waals surface area contributed by atoms with Gasteiger partial charge in [0.1, 0.15) is 0 Å². The number of nitrogens with one attached hydrogen (secondary N) is 1. The molecule has 0 bridgehead atoms. The summed E-state index contributed by atoms with van der Waals surface area (Å²) in [6, 6.07) is 13.6. The average molecular weight is 425 g/mol. The van der Waals surface area contributed by atoms with Crippen molar-refractivity contribution in [3.05, 3.63) is 59.7 Å². The third kappa shape index (κ3) is 7.42. The van der Waals surface area contributed by atoms with Crippen LogP contribution in [0.25, 0.3) is 6.08 Å². The van der Waals surface area contributed by atoms with E-state index in [0.717, 1.165) is 62.7 Å². The summed E-state index contributed by atoms with van der Waals surface area (Å²) < 4.78 is 16.6. The standard InChI is InChI=1S/C25H32N2O4/c1-3-4-14-31-23-10-8-20(18-24(23)29-2)9-11-25(28)26-22-7-5-6-21(17-22)19-27-12-15-30-16-13-27/h5-11,17-18H,3-4,12-16,19H2,1-2H3,(H,26,28)/b11-9+. The number of carbonyl (C=O) groups excluding carboxylic acids is 1. The SMILES string of the molecule is CCCCOc1ccc(/C=C/C(=O)Nc2cccc(CN3CCOCC3)c2)cc1OC. The first-order valence-corrected chi connectivity index (χ1v) is 10.9. The number of rotatable bonds is 10. The molecule has 0 unspecified atom stereocenters. The van der Waals surface area contributed by atoms with Gasteiger partial charge in [0.25, 0.3) is 0 Å². The van der Waals surface area contributed by atoms with Crippen molar-refractivity contribution < 1.29 is 19.0 Å². The molecule has 166 valence electrons. The van der Waals surface area contributed by atoms with Crippen LogP contribution in [0.5, 0.6) is 11.5 Å². The highest BCUT2D eigenvalue weighted by Gasteiger charge is 2.11. The second kappa shape index (κ2) is 12.1. The van der Waals surface area contributed by atoms with E-state index in [0.29, 0.717) is 12.4 Å². The molecule has 1 aliphatic heterocycles. The smallest absolute Gasteiger partial charge is 0.248 e. The van der Waals surface area contributed by atoms with Gasteiger partial charge in [0.05, 0.1) is 26.9 Å². The van der Waals surface area contributed by atoms with Crippen molar-refractivity contribution in [2.45, 2.75) is 26.3 Å². The molecule has 2 aromatic rings. The summed E-state index contributed by atoms with van der Waals surface area (Å²) in [6.45, 7) is 7.07. The minimum Gasteiger partial charge on any atom is -0.493 e. The second-order valence-corrected chi connectivity index (χ2v) is 7.52. The molecule has 6 nitrogen and oxygen atoms in total. The highest BCUT2D eigenvalue weighted by Crippen LogP contribution is 2.28. The van der Waals surface area contributed by atoms with Gasteiger partial charge in [-0.2, -0.15) is 0 Å². The summed E-state index contributed by atoms with van der Waals surface area (Å²) in [6.07, 6.45) is 5.37. The number of nitrogens with zero attached hydrogens (tertiary/aromatic N) is 1. The first kappa shape index (κ1) is 22.8. The number of benzene rings is 2. The third-order valence-electron chi connectivity index (χ3n) is 5.07. The zero-order valence-corrected chi connectivity index (χ0v) is 18.4. The van der Waals surface area contributed by atoms with Gasteiger partial charge in [-0.25, -0.2) is 0 Å². The van der Waals surface area contributed by atoms with Crippen LogP contribution in [-0.4, -0.2) is 50.8 Å². The summed E-state index contributed by atoms with van der Waals surface area (Å²) in [5.74, 6) is 1.20. The maximum Gasteiger partial charge on any atom is 0.248 e. The lowest BCUT2D eigenvalue weighted by molar-refractivity contribution is -0.111. The fourth-order valence-corrected chi connectivity index (χ4v) is 3.35. The Morgan fingerprint density at radius 1 is 1.16 bits per heavy atom. The van der Waals surface area contributed by atoms with Gasteiger partial charge in [-0.1, -0.05) is 31.5 Å². The van der Waals surface area contributed by atoms with E-state index in [4.69, 9.17) is 14.2 Å². The fourth-order valence-electron chi connectivity index (χ4n) is 3.35. The minimum atomic E-state index is -0.175. The Balaban J connectivity index is 1.57. The highest BCUT2D eigenvalue weighted by molar-refractivity contribution is 6.02. The summed E-state index contributed by atoms with van der Waals surface area (Å²) in [5.41, 5.74) is 2.83. The average Bonchev–Trinajstić information content (AvgIpc) is 2.79. The first-order chi connectivity index (χ1) is 15.2. The Bertz CT molecular complexity index is 876. The number of anilines is 1. The molecule has 0 aromatic heterocycles. The van der Waals surface area contributed by atoms with Crippen LogP contribution >= 0.6 is 0 Å². The van der Waals surface area contributed by atoms with Crippen LogP contribution in [0.15, 0.2) is 48.5 Å². The number of ether oxygens (including phenoxy) is 3. The van der Waals surface area contributed by atoms with Gasteiger partial charge in [-0.3, -0.25) is 9.69 Å². The van der Waals surface area contributed by atoms with Gasteiger partial charge in [0.15, 0.2) is 11.5 Å². The molecule has 0 aliphatic carbocycles. The molecule has 1 saturated heterocycles. The van der Waals surface area contributed by atoms with E-state index in [9.17, 15) is 4.79 Å². The zero-order valence-electron chi connectivity index (χ0n) is 18.4. The van der Waals surface area contributed by atoms with E-state index in [-0.39, 0.29) is 5.91 Å². The maximum atomic E-state index is 12.4. The lowest BCUT2D eigenvalue weighted by Crippen LogP contribution is -2.35. The molecule has 31 heavy (non-hydrogen) atoms. The number of hydrogen-bond acceptors (Lipinski definition) is 5. The Morgan fingerprint density at radius 2 is 2.00 bits per heavy atom. The van der Waals surface area contributed by atoms with Crippen molar-refractivity contribution in [1.82, 2.24) is 4.90 Å². The first-order valence-electron chi connectivity index (χ1n) is 10.9. The summed E-state index contributed by atoms with van der Waals surface area (Å²) >= 11 is 0. The van der Waals surface area contributed by atoms with E-state index in [1.165, 1.54) is 11.6 Å². The highest BCUT2D eigenvalue weighted by atomic mass is 16.5. The molecule has 6 heteroatoms. The molecule has 3 rings (SSSR count). The summed E-state index contributed by atoms with van der Waals surface area (Å²) in [4.78, 5) is 14.8. The van der Waals surface area contributed by atoms with E-state index >= 15 is 0 Å². The quantitative estimate of drug-likeness (QED) is 0.454. The summed E-state index contributed by atoms with van der Waals surface area (Å²) in [5, 5.41) is 2.94. The predicted octanol–water partition coefficient (Wildman–Crippen LogP) is 4.36. The largest absolute Gasteiger partial charge is 0.493 e. The van der Waals surface area contributed by atoms with E-state index in [1.807, 2.05) is 36.4 Å². The summed E-state index contributed by atoms with van der Waals surface area (Å²) in [7, 11) is 1.62. The van der Waals surface area contributed by atoms with E-state index in [1.54, 1.807) is 13.2 Å². The van der Waals surface area contributed by atoms with Crippen LogP contribution < -0.4 is 14.8 Å². The second-order valence-electron chi connectivity index (χ2n) is 7.52. The number of unbranched alkanes of at least 4 members (excludes halogenated alkanes) is 1. The van der Waals surface area contributed by atoms with Crippen molar-refractivity contribution in [3.8, 4) is 11.5 Å². The number of carbonyl (C=O) groups is 1. The molecule has 1 fully saturated rings. The number of methoxy groups -OCH3 is 1. The van der Waals surface area contributed by atoms with Gasteiger partial charge in [-0.15, -0.1) is 0 Å². The van der Waals surface area contributed by atoms with E-state index < -0.39 is 0 Å². The molecular formula is C25H32N2O4. The molecule has 1 amide bonds. The molecule has 1 aliphatic rings. The Labute approximate surface area is 184 Å². The third-order valence-corrected chi connectivity index (χ3v) is 5.07. The molecule has 2 aromatic carbocycles. The van der Waals surface area contributed by atoms with Crippen molar-refractivity contribution >= 4 is 17.7 Å². The zero-order chi connectivity index (χ0) is 21.9. The van der Waals surface area contributed by atoms with Crippen molar-refractivity contribution in [2.75, 3.05) is 45.3 Å². The number of amides is 1. The Kier molecular flexibility index (Phi) is 8.94. The number of morpholine rings is 1. The fraction of sp³-hybridized carbons (Fsp3) is 0.400. The van der Waals surface area contributed by atoms with Gasteiger partial charge in [0.2, 0.25) is 5.91 Å². The molecular weight excluding hydrogens is 392 g/mol. The van der Waals surface area contributed by atoms with E-state index in [2.05, 4.69) is 23.2 Å². The topological polar surface area (TPSA) is 60.0 Å². The molecule has 1 N–H and O–H groups in total. The molecule has 1 heterocycles. The van der Waals surface area contributed by atoms with Gasteiger partial charge in [0, 0.05) is 31.4 Å². The van der Waals surface area contributed by atoms with Gasteiger partial charge < -0.3 is 19.5 Å². The van der Waals surface area contributed by atoms with Gasteiger partial charge in [-0.05, 0) is 47.9 Å². The number of hydrogen-bond donors (Lipinski definition) is 1. The van der Waals surface area contributed by atoms with Crippen LogP contribution in [-0.2, 0) is 16.1 Å². The van der Waals surface area contributed by atoms with Crippen LogP contribution in [0.4, 0.5) is 5.69 Å². The van der Waals surface area contributed by atoms with Crippen LogP contribution in [0.3, 0.4) is 0 Å².